The topological polar surface area (TPSA) is 126 Å². The first-order valence-electron chi connectivity index (χ1n) is 3.74. The number of hydrogen-bond donors (Lipinski definition) is 6. The smallest absolute Gasteiger partial charge is 0.153 e. The molecule has 0 spiro atoms. The van der Waals surface area contributed by atoms with Gasteiger partial charge in [-0.3, -0.25) is 15.7 Å². The first-order valence-corrected chi connectivity index (χ1v) is 3.74. The molecule has 0 aromatic carbocycles. The van der Waals surface area contributed by atoms with Gasteiger partial charge in [-0.05, 0) is 0 Å². The van der Waals surface area contributed by atoms with Crippen molar-refractivity contribution < 1.29 is 25.6 Å². The van der Waals surface area contributed by atoms with Gasteiger partial charge in [-0.2, -0.15) is 0 Å². The third-order valence-electron chi connectivity index (χ3n) is 1.95. The molecular weight excluding hydrogens is 180 g/mol. The maximum atomic E-state index is 9.23. The third kappa shape index (κ3) is 1.79. The molecule has 13 heavy (non-hydrogen) atoms. The van der Waals surface area contributed by atoms with Crippen molar-refractivity contribution in [1.82, 2.24) is 5.48 Å². The van der Waals surface area contributed by atoms with E-state index in [-0.39, 0.29) is 5.84 Å². The predicted octanol–water partition coefficient (Wildman–Crippen LogP) is -3.18. The van der Waals surface area contributed by atoms with Gasteiger partial charge in [0.15, 0.2) is 5.84 Å². The highest BCUT2D eigenvalue weighted by atomic mass is 16.5. The Balaban J connectivity index is 2.86. The molecule has 1 aliphatic heterocycles. The standard InChI is InChI=1S/C6H12N2O5/c9-1-2-3(10)4(11)5(12)6(7-2)8-13/h2-5,9-13H,1H2,(H,7,8)/t2-,3-,4+,5?/m1/s1. The summed E-state index contributed by atoms with van der Waals surface area (Å²) in [6.07, 6.45) is -4.27. The minimum atomic E-state index is -1.47. The molecule has 1 rings (SSSR count). The monoisotopic (exact) mass is 192 g/mol. The average molecular weight is 192 g/mol. The number of aliphatic imine (C=N–C) groups is 1. The van der Waals surface area contributed by atoms with Gasteiger partial charge in [0.1, 0.15) is 24.4 Å². The van der Waals surface area contributed by atoms with E-state index in [4.69, 9.17) is 10.3 Å². The van der Waals surface area contributed by atoms with Crippen molar-refractivity contribution in [3.8, 4) is 0 Å². The lowest BCUT2D eigenvalue weighted by atomic mass is 9.97. The first kappa shape index (κ1) is 10.4. The highest BCUT2D eigenvalue weighted by Gasteiger charge is 2.38. The van der Waals surface area contributed by atoms with Gasteiger partial charge in [0.05, 0.1) is 6.61 Å². The number of hydrogen-bond acceptors (Lipinski definition) is 7. The summed E-state index contributed by atoms with van der Waals surface area (Å²) in [5.41, 5.74) is 1.59. The van der Waals surface area contributed by atoms with Crippen molar-refractivity contribution in [2.75, 3.05) is 6.61 Å². The second kappa shape index (κ2) is 3.99. The molecule has 1 unspecified atom stereocenters. The van der Waals surface area contributed by atoms with Crippen LogP contribution in [0.2, 0.25) is 0 Å². The third-order valence-corrected chi connectivity index (χ3v) is 1.95. The molecule has 0 aromatic rings. The summed E-state index contributed by atoms with van der Waals surface area (Å²) in [7, 11) is 0. The molecule has 4 atom stereocenters. The van der Waals surface area contributed by atoms with E-state index >= 15 is 0 Å². The first-order chi connectivity index (χ1) is 6.11. The van der Waals surface area contributed by atoms with Crippen LogP contribution in [-0.2, 0) is 0 Å². The fourth-order valence-electron chi connectivity index (χ4n) is 1.15. The number of aliphatic hydroxyl groups excluding tert-OH is 4. The molecule has 1 aliphatic rings. The second-order valence-corrected chi connectivity index (χ2v) is 2.80. The van der Waals surface area contributed by atoms with Crippen LogP contribution in [0.4, 0.5) is 0 Å². The zero-order chi connectivity index (χ0) is 10.0. The quantitative estimate of drug-likeness (QED) is 0.243. The van der Waals surface area contributed by atoms with Gasteiger partial charge >= 0.3 is 0 Å². The Hall–Kier alpha value is -0.730. The van der Waals surface area contributed by atoms with E-state index in [0.717, 1.165) is 0 Å². The number of amidine groups is 1. The van der Waals surface area contributed by atoms with Gasteiger partial charge in [-0.15, -0.1) is 0 Å². The minimum absolute atomic E-state index is 0.267. The highest BCUT2D eigenvalue weighted by Crippen LogP contribution is 2.14. The lowest BCUT2D eigenvalue weighted by molar-refractivity contribution is -0.0622. The van der Waals surface area contributed by atoms with Crippen LogP contribution in [0.5, 0.6) is 0 Å². The Labute approximate surface area is 73.9 Å². The van der Waals surface area contributed by atoms with Crippen LogP contribution in [0.1, 0.15) is 0 Å². The molecular formula is C6H12N2O5. The zero-order valence-electron chi connectivity index (χ0n) is 6.70. The average Bonchev–Trinajstić information content (AvgIpc) is 2.15. The highest BCUT2D eigenvalue weighted by molar-refractivity contribution is 5.87. The second-order valence-electron chi connectivity index (χ2n) is 2.80. The van der Waals surface area contributed by atoms with E-state index in [1.165, 1.54) is 0 Å². The van der Waals surface area contributed by atoms with E-state index in [1.54, 1.807) is 5.48 Å². The van der Waals surface area contributed by atoms with E-state index in [9.17, 15) is 15.3 Å². The largest absolute Gasteiger partial charge is 0.394 e. The summed E-state index contributed by atoms with van der Waals surface area (Å²) >= 11 is 0. The van der Waals surface area contributed by atoms with Gasteiger partial charge in [0.2, 0.25) is 0 Å². The fourth-order valence-corrected chi connectivity index (χ4v) is 1.15. The lowest BCUT2D eigenvalue weighted by Gasteiger charge is -2.31. The molecule has 0 aliphatic carbocycles. The van der Waals surface area contributed by atoms with Crippen LogP contribution in [0.15, 0.2) is 4.99 Å². The van der Waals surface area contributed by atoms with E-state index < -0.39 is 31.0 Å². The Morgan fingerprint density at radius 1 is 1.23 bits per heavy atom. The molecule has 76 valence electrons. The van der Waals surface area contributed by atoms with Crippen LogP contribution < -0.4 is 5.48 Å². The maximum absolute atomic E-state index is 9.23. The van der Waals surface area contributed by atoms with Crippen LogP contribution in [0.25, 0.3) is 0 Å². The number of hydroxylamine groups is 1. The zero-order valence-corrected chi connectivity index (χ0v) is 6.70. The van der Waals surface area contributed by atoms with Gasteiger partial charge in [-0.25, -0.2) is 0 Å². The minimum Gasteiger partial charge on any atom is -0.394 e. The van der Waals surface area contributed by atoms with Crippen LogP contribution in [0, 0.1) is 0 Å². The summed E-state index contributed by atoms with van der Waals surface area (Å²) in [4.78, 5) is 3.58. The SMILES string of the molecule is OC[C@H]1N=C(NO)C(O)[C@@H](O)[C@@H]1O. The van der Waals surface area contributed by atoms with Crippen molar-refractivity contribution in [2.45, 2.75) is 24.4 Å². The molecule has 0 saturated heterocycles. The van der Waals surface area contributed by atoms with Crippen molar-refractivity contribution in [3.05, 3.63) is 0 Å². The van der Waals surface area contributed by atoms with Gasteiger partial charge in [-0.1, -0.05) is 0 Å². The van der Waals surface area contributed by atoms with Gasteiger partial charge in [0, 0.05) is 0 Å². The van der Waals surface area contributed by atoms with Crippen molar-refractivity contribution >= 4 is 5.84 Å². The number of rotatable bonds is 1. The van der Waals surface area contributed by atoms with E-state index in [2.05, 4.69) is 4.99 Å². The van der Waals surface area contributed by atoms with Crippen LogP contribution in [0.3, 0.4) is 0 Å². The normalized spacial score (nSPS) is 39.9. The van der Waals surface area contributed by atoms with Crippen molar-refractivity contribution in [1.29, 1.82) is 0 Å². The molecule has 7 heteroatoms. The number of aliphatic hydroxyl groups is 4. The van der Waals surface area contributed by atoms with Crippen molar-refractivity contribution in [3.63, 3.8) is 0 Å². The van der Waals surface area contributed by atoms with Crippen molar-refractivity contribution in [2.24, 2.45) is 4.99 Å². The number of nitrogens with one attached hydrogen (secondary N) is 1. The predicted molar refractivity (Wildman–Crippen MR) is 41.3 cm³/mol. The van der Waals surface area contributed by atoms with E-state index in [0.29, 0.717) is 0 Å². The van der Waals surface area contributed by atoms with Gasteiger partial charge in [0.25, 0.3) is 0 Å². The molecule has 1 heterocycles. The Morgan fingerprint density at radius 2 is 1.85 bits per heavy atom. The fraction of sp³-hybridized carbons (Fsp3) is 0.833. The molecule has 0 saturated carbocycles. The summed E-state index contributed by atoms with van der Waals surface area (Å²) in [5, 5.41) is 44.8. The lowest BCUT2D eigenvalue weighted by Crippen LogP contribution is -2.55. The Morgan fingerprint density at radius 3 is 2.31 bits per heavy atom. The van der Waals surface area contributed by atoms with Gasteiger partial charge < -0.3 is 20.4 Å². The number of nitrogens with zero attached hydrogens (tertiary/aromatic N) is 1. The summed E-state index contributed by atoms with van der Waals surface area (Å²) in [6, 6.07) is -0.937. The molecule has 0 radical (unpaired) electrons. The molecule has 7 nitrogen and oxygen atoms in total. The maximum Gasteiger partial charge on any atom is 0.153 e. The molecule has 0 aromatic heterocycles. The summed E-state index contributed by atoms with van der Waals surface area (Å²) in [6.45, 7) is -0.476. The molecule has 0 fully saturated rings. The molecule has 0 bridgehead atoms. The van der Waals surface area contributed by atoms with Crippen LogP contribution >= 0.6 is 0 Å². The van der Waals surface area contributed by atoms with Crippen LogP contribution in [-0.4, -0.2) is 62.4 Å². The Bertz CT molecular complexity index is 209. The Kier molecular flexibility index (Phi) is 3.17. The molecule has 0 amide bonds. The summed E-state index contributed by atoms with van der Waals surface area (Å²) in [5.74, 6) is -0.267. The van der Waals surface area contributed by atoms with E-state index in [1.807, 2.05) is 0 Å². The summed E-state index contributed by atoms with van der Waals surface area (Å²) < 4.78 is 0. The molecule has 6 N–H and O–H groups in total.